The zero-order valence-electron chi connectivity index (χ0n) is 13.7. The van der Waals surface area contributed by atoms with Crippen LogP contribution in [0.15, 0.2) is 67.0 Å². The van der Waals surface area contributed by atoms with Crippen molar-refractivity contribution >= 4 is 11.7 Å². The third-order valence-corrected chi connectivity index (χ3v) is 3.71. The van der Waals surface area contributed by atoms with Crippen LogP contribution in [-0.2, 0) is 4.79 Å². The molecular formula is C19H18N4O2. The lowest BCUT2D eigenvalue weighted by Crippen LogP contribution is -2.28. The molecule has 3 rings (SSSR count). The van der Waals surface area contributed by atoms with Crippen molar-refractivity contribution in [3.05, 3.63) is 72.6 Å². The normalized spacial score (nSPS) is 11.6. The maximum Gasteiger partial charge on any atom is 0.244 e. The second kappa shape index (κ2) is 7.44. The predicted molar refractivity (Wildman–Crippen MR) is 96.0 cm³/mol. The molecule has 1 amide bonds. The minimum Gasteiger partial charge on any atom is -0.497 e. The summed E-state index contributed by atoms with van der Waals surface area (Å²) in [6.45, 7) is 0. The minimum atomic E-state index is -0.684. The number of ether oxygens (including phenoxy) is 1. The highest BCUT2D eigenvalue weighted by Crippen LogP contribution is 2.24. The number of primary amides is 1. The number of hydrogen-bond acceptors (Lipinski definition) is 5. The number of amides is 1. The van der Waals surface area contributed by atoms with Gasteiger partial charge in [-0.1, -0.05) is 42.5 Å². The second-order valence-corrected chi connectivity index (χ2v) is 5.41. The molecule has 0 spiro atoms. The number of anilines is 1. The van der Waals surface area contributed by atoms with Crippen LogP contribution in [0, 0.1) is 0 Å². The first-order chi connectivity index (χ1) is 12.2. The van der Waals surface area contributed by atoms with Crippen molar-refractivity contribution in [3.63, 3.8) is 0 Å². The Labute approximate surface area is 145 Å². The summed E-state index contributed by atoms with van der Waals surface area (Å²) in [6.07, 6.45) is 3.21. The number of methoxy groups -OCH3 is 1. The molecule has 0 bridgehead atoms. The summed E-state index contributed by atoms with van der Waals surface area (Å²) in [7, 11) is 1.61. The standard InChI is InChI=1S/C19H18N4O2/c1-25-15-9-5-8-14(10-15)16-11-21-12-17(22-16)23-18(19(20)24)13-6-3-2-4-7-13/h2-12,18H,1H3,(H2,20,24)(H,22,23)/t18-/m1/s1. The lowest BCUT2D eigenvalue weighted by molar-refractivity contribution is -0.118. The van der Waals surface area contributed by atoms with Crippen LogP contribution in [-0.4, -0.2) is 23.0 Å². The van der Waals surface area contributed by atoms with Crippen molar-refractivity contribution in [3.8, 4) is 17.0 Å². The van der Waals surface area contributed by atoms with Gasteiger partial charge in [-0.2, -0.15) is 0 Å². The molecule has 0 unspecified atom stereocenters. The van der Waals surface area contributed by atoms with Crippen LogP contribution >= 0.6 is 0 Å². The van der Waals surface area contributed by atoms with Crippen molar-refractivity contribution in [2.45, 2.75) is 6.04 Å². The smallest absolute Gasteiger partial charge is 0.244 e. The van der Waals surface area contributed by atoms with Gasteiger partial charge < -0.3 is 15.8 Å². The van der Waals surface area contributed by atoms with E-state index in [2.05, 4.69) is 15.3 Å². The van der Waals surface area contributed by atoms with E-state index in [1.165, 1.54) is 0 Å². The topological polar surface area (TPSA) is 90.1 Å². The molecule has 0 saturated carbocycles. The largest absolute Gasteiger partial charge is 0.497 e. The minimum absolute atomic E-state index is 0.466. The molecule has 3 aromatic rings. The molecule has 6 heteroatoms. The van der Waals surface area contributed by atoms with E-state index in [9.17, 15) is 4.79 Å². The molecule has 0 aliphatic heterocycles. The monoisotopic (exact) mass is 334 g/mol. The Morgan fingerprint density at radius 1 is 1.12 bits per heavy atom. The highest BCUT2D eigenvalue weighted by molar-refractivity contribution is 5.84. The molecule has 3 N–H and O–H groups in total. The highest BCUT2D eigenvalue weighted by atomic mass is 16.5. The maximum atomic E-state index is 11.8. The average molecular weight is 334 g/mol. The van der Waals surface area contributed by atoms with Gasteiger partial charge in [-0.3, -0.25) is 9.78 Å². The van der Waals surface area contributed by atoms with Crippen molar-refractivity contribution in [2.24, 2.45) is 5.73 Å². The van der Waals surface area contributed by atoms with Gasteiger partial charge in [0.05, 0.1) is 25.2 Å². The fourth-order valence-electron chi connectivity index (χ4n) is 2.47. The number of hydrogen-bond donors (Lipinski definition) is 2. The van der Waals surface area contributed by atoms with Crippen molar-refractivity contribution in [1.29, 1.82) is 0 Å². The van der Waals surface area contributed by atoms with Crippen LogP contribution in [0.2, 0.25) is 0 Å². The van der Waals surface area contributed by atoms with E-state index in [-0.39, 0.29) is 0 Å². The van der Waals surface area contributed by atoms with Crippen LogP contribution in [0.3, 0.4) is 0 Å². The summed E-state index contributed by atoms with van der Waals surface area (Å²) < 4.78 is 5.24. The number of nitrogens with two attached hydrogens (primary N) is 1. The molecule has 2 aromatic carbocycles. The fraction of sp³-hybridized carbons (Fsp3) is 0.105. The third-order valence-electron chi connectivity index (χ3n) is 3.71. The molecule has 0 aliphatic rings. The first-order valence-corrected chi connectivity index (χ1v) is 7.74. The molecule has 0 aliphatic carbocycles. The molecule has 0 fully saturated rings. The Balaban J connectivity index is 1.89. The van der Waals surface area contributed by atoms with Crippen molar-refractivity contribution < 1.29 is 9.53 Å². The number of carbonyl (C=O) groups is 1. The first-order valence-electron chi connectivity index (χ1n) is 7.74. The third kappa shape index (κ3) is 3.92. The van der Waals surface area contributed by atoms with Gasteiger partial charge in [-0.05, 0) is 17.7 Å². The number of nitrogens with zero attached hydrogens (tertiary/aromatic N) is 2. The number of nitrogens with one attached hydrogen (secondary N) is 1. The predicted octanol–water partition coefficient (Wildman–Crippen LogP) is 2.79. The van der Waals surface area contributed by atoms with E-state index in [4.69, 9.17) is 10.5 Å². The maximum absolute atomic E-state index is 11.8. The van der Waals surface area contributed by atoms with Gasteiger partial charge >= 0.3 is 0 Å². The van der Waals surface area contributed by atoms with Crippen LogP contribution in [0.5, 0.6) is 5.75 Å². The Morgan fingerprint density at radius 2 is 1.92 bits per heavy atom. The zero-order valence-corrected chi connectivity index (χ0v) is 13.7. The molecule has 0 saturated heterocycles. The summed E-state index contributed by atoms with van der Waals surface area (Å²) >= 11 is 0. The summed E-state index contributed by atoms with van der Waals surface area (Å²) in [5.41, 5.74) is 7.84. The number of carbonyl (C=O) groups excluding carboxylic acids is 1. The highest BCUT2D eigenvalue weighted by Gasteiger charge is 2.18. The van der Waals surface area contributed by atoms with Gasteiger partial charge in [-0.25, -0.2) is 4.98 Å². The zero-order chi connectivity index (χ0) is 17.6. The fourth-order valence-corrected chi connectivity index (χ4v) is 2.47. The van der Waals surface area contributed by atoms with Gasteiger partial charge in [-0.15, -0.1) is 0 Å². The summed E-state index contributed by atoms with van der Waals surface area (Å²) in [4.78, 5) is 20.6. The molecule has 25 heavy (non-hydrogen) atoms. The Kier molecular flexibility index (Phi) is 4.89. The molecular weight excluding hydrogens is 316 g/mol. The summed E-state index contributed by atoms with van der Waals surface area (Å²) in [5.74, 6) is 0.713. The van der Waals surface area contributed by atoms with E-state index in [1.807, 2.05) is 54.6 Å². The van der Waals surface area contributed by atoms with E-state index in [1.54, 1.807) is 19.5 Å². The SMILES string of the molecule is COc1cccc(-c2cncc(N[C@@H](C(N)=O)c3ccccc3)n2)c1. The van der Waals surface area contributed by atoms with E-state index in [0.29, 0.717) is 11.5 Å². The average Bonchev–Trinajstić information content (AvgIpc) is 2.67. The Bertz CT molecular complexity index is 868. The molecule has 1 atom stereocenters. The molecule has 0 radical (unpaired) electrons. The lowest BCUT2D eigenvalue weighted by atomic mass is 10.1. The Hall–Kier alpha value is -3.41. The number of rotatable bonds is 6. The van der Waals surface area contributed by atoms with E-state index < -0.39 is 11.9 Å². The van der Waals surface area contributed by atoms with Crippen LogP contribution in [0.1, 0.15) is 11.6 Å². The molecule has 126 valence electrons. The van der Waals surface area contributed by atoms with E-state index in [0.717, 1.165) is 16.9 Å². The van der Waals surface area contributed by atoms with Gasteiger partial charge in [0.1, 0.15) is 17.6 Å². The van der Waals surface area contributed by atoms with Crippen LogP contribution in [0.4, 0.5) is 5.82 Å². The molecule has 1 aromatic heterocycles. The quantitative estimate of drug-likeness (QED) is 0.723. The Morgan fingerprint density at radius 3 is 2.64 bits per heavy atom. The van der Waals surface area contributed by atoms with Gasteiger partial charge in [0, 0.05) is 5.56 Å². The van der Waals surface area contributed by atoms with Crippen LogP contribution < -0.4 is 15.8 Å². The number of benzene rings is 2. The van der Waals surface area contributed by atoms with Crippen molar-refractivity contribution in [2.75, 3.05) is 12.4 Å². The first kappa shape index (κ1) is 16.4. The molecule has 6 nitrogen and oxygen atoms in total. The summed E-state index contributed by atoms with van der Waals surface area (Å²) in [5, 5.41) is 3.05. The summed E-state index contributed by atoms with van der Waals surface area (Å²) in [6, 6.07) is 16.1. The van der Waals surface area contributed by atoms with Gasteiger partial charge in [0.25, 0.3) is 0 Å². The van der Waals surface area contributed by atoms with Crippen molar-refractivity contribution in [1.82, 2.24) is 9.97 Å². The van der Waals surface area contributed by atoms with Crippen LogP contribution in [0.25, 0.3) is 11.3 Å². The molecule has 1 heterocycles. The number of aromatic nitrogens is 2. The van der Waals surface area contributed by atoms with Gasteiger partial charge in [0.2, 0.25) is 5.91 Å². The lowest BCUT2D eigenvalue weighted by Gasteiger charge is -2.16. The second-order valence-electron chi connectivity index (χ2n) is 5.41. The van der Waals surface area contributed by atoms with Gasteiger partial charge in [0.15, 0.2) is 0 Å². The van der Waals surface area contributed by atoms with E-state index >= 15 is 0 Å².